The van der Waals surface area contributed by atoms with E-state index >= 15 is 0 Å². The largest absolute Gasteiger partial charge is 0.294 e. The number of halogens is 4. The van der Waals surface area contributed by atoms with Crippen LogP contribution in [-0.2, 0) is 5.88 Å². The van der Waals surface area contributed by atoms with E-state index in [0.717, 1.165) is 20.1 Å². The molecule has 2 aromatic carbocycles. The minimum absolute atomic E-state index is 0.248. The zero-order valence-electron chi connectivity index (χ0n) is 11.0. The van der Waals surface area contributed by atoms with E-state index in [2.05, 4.69) is 36.8 Å². The fourth-order valence-electron chi connectivity index (χ4n) is 2.27. The second-order valence-electron chi connectivity index (χ2n) is 4.68. The van der Waals surface area contributed by atoms with E-state index < -0.39 is 0 Å². The van der Waals surface area contributed by atoms with Crippen molar-refractivity contribution >= 4 is 54.5 Å². The van der Waals surface area contributed by atoms with Crippen molar-refractivity contribution in [2.75, 3.05) is 0 Å². The molecule has 108 valence electrons. The second-order valence-corrected chi connectivity index (χ2v) is 6.72. The van der Waals surface area contributed by atoms with E-state index in [-0.39, 0.29) is 11.7 Å². The molecule has 0 spiro atoms. The molecule has 0 saturated carbocycles. The normalized spacial score (nSPS) is 11.3. The number of hydrogen-bond donors (Lipinski definition) is 0. The van der Waals surface area contributed by atoms with Gasteiger partial charge in [0.25, 0.3) is 0 Å². The first-order chi connectivity index (χ1) is 10.0. The van der Waals surface area contributed by atoms with E-state index in [1.807, 2.05) is 22.8 Å². The van der Waals surface area contributed by atoms with Crippen molar-refractivity contribution in [2.45, 2.75) is 12.8 Å². The highest BCUT2D eigenvalue weighted by atomic mass is 79.9. The maximum atomic E-state index is 13.7. The van der Waals surface area contributed by atoms with Gasteiger partial charge in [0.1, 0.15) is 11.6 Å². The average molecular weight is 433 g/mol. The predicted molar refractivity (Wildman–Crippen MR) is 90.7 cm³/mol. The van der Waals surface area contributed by atoms with E-state index in [1.165, 1.54) is 6.07 Å². The van der Waals surface area contributed by atoms with Gasteiger partial charge in [-0.25, -0.2) is 9.37 Å². The standard InChI is InChI=1S/C15H10Br2ClFN2/c1-8-4-14-12(6-11(8)19)20-15(7-18)21(14)13-3-2-9(16)5-10(13)17/h2-6H,7H2,1H3. The number of imidazole rings is 1. The molecular weight excluding hydrogens is 422 g/mol. The van der Waals surface area contributed by atoms with Crippen molar-refractivity contribution in [3.05, 3.63) is 56.5 Å². The lowest BCUT2D eigenvalue weighted by Crippen LogP contribution is -2.00. The molecule has 2 nitrogen and oxygen atoms in total. The summed E-state index contributed by atoms with van der Waals surface area (Å²) in [5, 5.41) is 0. The lowest BCUT2D eigenvalue weighted by atomic mass is 10.2. The number of hydrogen-bond acceptors (Lipinski definition) is 1. The number of rotatable bonds is 2. The minimum Gasteiger partial charge on any atom is -0.294 e. The lowest BCUT2D eigenvalue weighted by molar-refractivity contribution is 0.620. The Morgan fingerprint density at radius 3 is 2.67 bits per heavy atom. The van der Waals surface area contributed by atoms with Crippen LogP contribution in [0.3, 0.4) is 0 Å². The van der Waals surface area contributed by atoms with Crippen molar-refractivity contribution in [3.8, 4) is 5.69 Å². The summed E-state index contributed by atoms with van der Waals surface area (Å²) in [7, 11) is 0. The molecule has 0 radical (unpaired) electrons. The van der Waals surface area contributed by atoms with Gasteiger partial charge >= 0.3 is 0 Å². The van der Waals surface area contributed by atoms with Crippen LogP contribution in [0.5, 0.6) is 0 Å². The monoisotopic (exact) mass is 430 g/mol. The molecule has 0 unspecified atom stereocenters. The molecule has 3 rings (SSSR count). The lowest BCUT2D eigenvalue weighted by Gasteiger charge is -2.11. The van der Waals surface area contributed by atoms with Gasteiger partial charge in [-0.2, -0.15) is 0 Å². The third-order valence-corrected chi connectivity index (χ3v) is 4.64. The van der Waals surface area contributed by atoms with Crippen molar-refractivity contribution < 1.29 is 4.39 Å². The summed E-state index contributed by atoms with van der Waals surface area (Å²) < 4.78 is 17.6. The van der Waals surface area contributed by atoms with Crippen LogP contribution in [0, 0.1) is 12.7 Å². The van der Waals surface area contributed by atoms with Crippen molar-refractivity contribution in [2.24, 2.45) is 0 Å². The summed E-state index contributed by atoms with van der Waals surface area (Å²) in [5.74, 6) is 0.667. The van der Waals surface area contributed by atoms with Crippen molar-refractivity contribution in [1.29, 1.82) is 0 Å². The van der Waals surface area contributed by atoms with Gasteiger partial charge in [0.05, 0.1) is 22.6 Å². The molecule has 1 aromatic heterocycles. The zero-order chi connectivity index (χ0) is 15.1. The smallest absolute Gasteiger partial charge is 0.129 e. The Morgan fingerprint density at radius 1 is 1.24 bits per heavy atom. The highest BCUT2D eigenvalue weighted by Gasteiger charge is 2.15. The zero-order valence-corrected chi connectivity index (χ0v) is 14.9. The fraction of sp³-hybridized carbons (Fsp3) is 0.133. The first-order valence-electron chi connectivity index (χ1n) is 6.20. The molecule has 0 bridgehead atoms. The summed E-state index contributed by atoms with van der Waals surface area (Å²) in [6, 6.07) is 9.10. The van der Waals surface area contributed by atoms with Crippen molar-refractivity contribution in [1.82, 2.24) is 9.55 Å². The summed E-state index contributed by atoms with van der Waals surface area (Å²) in [6.07, 6.45) is 0. The molecule has 0 saturated heterocycles. The summed E-state index contributed by atoms with van der Waals surface area (Å²) >= 11 is 13.0. The quantitative estimate of drug-likeness (QED) is 0.473. The van der Waals surface area contributed by atoms with Gasteiger partial charge in [0.2, 0.25) is 0 Å². The maximum absolute atomic E-state index is 13.7. The van der Waals surface area contributed by atoms with Crippen LogP contribution < -0.4 is 0 Å². The Balaban J connectivity index is 2.37. The number of benzene rings is 2. The van der Waals surface area contributed by atoms with E-state index in [9.17, 15) is 4.39 Å². The van der Waals surface area contributed by atoms with Gasteiger partial charge in [-0.1, -0.05) is 15.9 Å². The van der Waals surface area contributed by atoms with Crippen molar-refractivity contribution in [3.63, 3.8) is 0 Å². The number of alkyl halides is 1. The number of fused-ring (bicyclic) bond motifs is 1. The Labute approximate surface area is 143 Å². The van der Waals surface area contributed by atoms with E-state index in [1.54, 1.807) is 13.0 Å². The van der Waals surface area contributed by atoms with Gasteiger partial charge in [-0.05, 0) is 52.7 Å². The molecule has 6 heteroatoms. The Bertz CT molecular complexity index is 845. The fourth-order valence-corrected chi connectivity index (χ4v) is 3.68. The molecule has 0 atom stereocenters. The Kier molecular flexibility index (Phi) is 4.08. The van der Waals surface area contributed by atoms with Crippen LogP contribution in [0.2, 0.25) is 0 Å². The molecule has 0 aliphatic heterocycles. The maximum Gasteiger partial charge on any atom is 0.129 e. The van der Waals surface area contributed by atoms with Gasteiger partial charge in [-0.15, -0.1) is 11.6 Å². The van der Waals surface area contributed by atoms with Crippen LogP contribution in [0.25, 0.3) is 16.7 Å². The second kappa shape index (κ2) is 5.71. The molecule has 3 aromatic rings. The average Bonchev–Trinajstić information content (AvgIpc) is 2.77. The van der Waals surface area contributed by atoms with E-state index in [4.69, 9.17) is 11.6 Å². The molecule has 21 heavy (non-hydrogen) atoms. The first kappa shape index (κ1) is 15.0. The third-order valence-electron chi connectivity index (χ3n) is 3.27. The summed E-state index contributed by atoms with van der Waals surface area (Å²) in [5.41, 5.74) is 2.94. The Morgan fingerprint density at radius 2 is 2.00 bits per heavy atom. The SMILES string of the molecule is Cc1cc2c(cc1F)nc(CCl)n2-c1ccc(Br)cc1Br. The molecule has 0 aliphatic carbocycles. The van der Waals surface area contributed by atoms with Crippen LogP contribution in [-0.4, -0.2) is 9.55 Å². The Hall–Kier alpha value is -0.910. The molecule has 0 N–H and O–H groups in total. The molecule has 1 heterocycles. The van der Waals surface area contributed by atoms with Gasteiger partial charge in [-0.3, -0.25) is 4.57 Å². The minimum atomic E-state index is -0.261. The van der Waals surface area contributed by atoms with Crippen LogP contribution in [0.4, 0.5) is 4.39 Å². The molecule has 0 amide bonds. The molecular formula is C15H10Br2ClFN2. The summed E-state index contributed by atoms with van der Waals surface area (Å²) in [6.45, 7) is 1.74. The van der Waals surface area contributed by atoms with E-state index in [0.29, 0.717) is 16.9 Å². The van der Waals surface area contributed by atoms with Gasteiger partial charge < -0.3 is 0 Å². The highest BCUT2D eigenvalue weighted by molar-refractivity contribution is 9.11. The first-order valence-corrected chi connectivity index (χ1v) is 8.32. The van der Waals surface area contributed by atoms with Gasteiger partial charge in [0.15, 0.2) is 0 Å². The number of aryl methyl sites for hydroxylation is 1. The molecule has 0 aliphatic rings. The topological polar surface area (TPSA) is 17.8 Å². The molecule has 0 fully saturated rings. The number of nitrogens with zero attached hydrogens (tertiary/aromatic N) is 2. The van der Waals surface area contributed by atoms with Crippen LogP contribution >= 0.6 is 43.5 Å². The summed E-state index contributed by atoms with van der Waals surface area (Å²) in [4.78, 5) is 4.43. The third kappa shape index (κ3) is 2.62. The van der Waals surface area contributed by atoms with Gasteiger partial charge in [0, 0.05) is 15.0 Å². The predicted octanol–water partition coefficient (Wildman–Crippen LogP) is 5.74. The highest BCUT2D eigenvalue weighted by Crippen LogP contribution is 2.31. The van der Waals surface area contributed by atoms with Crippen LogP contribution in [0.1, 0.15) is 11.4 Å². The van der Waals surface area contributed by atoms with Crippen LogP contribution in [0.15, 0.2) is 39.3 Å². The number of aromatic nitrogens is 2.